The highest BCUT2D eigenvalue weighted by Gasteiger charge is 2.05. The minimum absolute atomic E-state index is 0.674. The van der Waals surface area contributed by atoms with Gasteiger partial charge in [-0.25, -0.2) is 9.97 Å². The Morgan fingerprint density at radius 3 is 2.57 bits per heavy atom. The lowest BCUT2D eigenvalue weighted by atomic mass is 10.1. The summed E-state index contributed by atoms with van der Waals surface area (Å²) in [6, 6.07) is 14.1. The van der Waals surface area contributed by atoms with E-state index in [9.17, 15) is 0 Å². The normalized spacial score (nSPS) is 11.1. The van der Waals surface area contributed by atoms with E-state index in [-0.39, 0.29) is 0 Å². The lowest BCUT2D eigenvalue weighted by molar-refractivity contribution is 0.413. The molecule has 4 nitrogen and oxygen atoms in total. The highest BCUT2D eigenvalue weighted by atomic mass is 35.5. The standard InChI is InChI=1S/C18H19ClN4/c1-23(2)10-9-13-3-6-15(7-4-13)22-18-16-8-5-14(19)11-17(16)20-12-21-18/h3-8,11-12H,9-10H2,1-2H3,(H,20,21,22). The van der Waals surface area contributed by atoms with Crippen LogP contribution in [-0.4, -0.2) is 35.5 Å². The molecule has 0 amide bonds. The molecule has 0 aliphatic heterocycles. The summed E-state index contributed by atoms with van der Waals surface area (Å²) in [5, 5.41) is 4.98. The lowest BCUT2D eigenvalue weighted by Crippen LogP contribution is -2.14. The van der Waals surface area contributed by atoms with Crippen molar-refractivity contribution >= 4 is 34.0 Å². The van der Waals surface area contributed by atoms with Gasteiger partial charge in [0.15, 0.2) is 0 Å². The topological polar surface area (TPSA) is 41.0 Å². The summed E-state index contributed by atoms with van der Waals surface area (Å²) < 4.78 is 0. The third-order valence-electron chi connectivity index (χ3n) is 3.66. The number of rotatable bonds is 5. The van der Waals surface area contributed by atoms with Gasteiger partial charge in [-0.05, 0) is 56.4 Å². The van der Waals surface area contributed by atoms with Crippen LogP contribution >= 0.6 is 11.6 Å². The minimum atomic E-state index is 0.674. The number of halogens is 1. The summed E-state index contributed by atoms with van der Waals surface area (Å²) in [4.78, 5) is 10.8. The van der Waals surface area contributed by atoms with Crippen molar-refractivity contribution in [1.82, 2.24) is 14.9 Å². The van der Waals surface area contributed by atoms with Crippen LogP contribution in [0, 0.1) is 0 Å². The molecule has 0 spiro atoms. The average Bonchev–Trinajstić information content (AvgIpc) is 2.54. The Bertz CT molecular complexity index is 800. The van der Waals surface area contributed by atoms with Gasteiger partial charge >= 0.3 is 0 Å². The van der Waals surface area contributed by atoms with E-state index in [4.69, 9.17) is 11.6 Å². The van der Waals surface area contributed by atoms with Crippen molar-refractivity contribution < 1.29 is 0 Å². The predicted molar refractivity (Wildman–Crippen MR) is 96.5 cm³/mol. The maximum atomic E-state index is 6.02. The number of benzene rings is 2. The molecule has 0 saturated heterocycles. The van der Waals surface area contributed by atoms with Crippen LogP contribution in [-0.2, 0) is 6.42 Å². The first-order valence-electron chi connectivity index (χ1n) is 7.53. The molecule has 23 heavy (non-hydrogen) atoms. The molecule has 0 bridgehead atoms. The second kappa shape index (κ2) is 6.94. The zero-order valence-electron chi connectivity index (χ0n) is 13.3. The van der Waals surface area contributed by atoms with E-state index in [1.54, 1.807) is 6.33 Å². The van der Waals surface area contributed by atoms with E-state index in [0.29, 0.717) is 5.02 Å². The van der Waals surface area contributed by atoms with Crippen molar-refractivity contribution in [3.8, 4) is 0 Å². The van der Waals surface area contributed by atoms with E-state index in [2.05, 4.69) is 58.5 Å². The fraction of sp³-hybridized carbons (Fsp3) is 0.222. The number of nitrogens with one attached hydrogen (secondary N) is 1. The van der Waals surface area contributed by atoms with Gasteiger partial charge in [-0.3, -0.25) is 0 Å². The fourth-order valence-corrected chi connectivity index (χ4v) is 2.54. The molecule has 2 aromatic carbocycles. The van der Waals surface area contributed by atoms with Gasteiger partial charge in [0.05, 0.1) is 5.52 Å². The number of nitrogens with zero attached hydrogens (tertiary/aromatic N) is 3. The number of likely N-dealkylation sites (N-methyl/N-ethyl adjacent to an activating group) is 1. The lowest BCUT2D eigenvalue weighted by Gasteiger charge is -2.11. The van der Waals surface area contributed by atoms with Crippen molar-refractivity contribution in [3.63, 3.8) is 0 Å². The number of hydrogen-bond donors (Lipinski definition) is 1. The summed E-state index contributed by atoms with van der Waals surface area (Å²) in [6.45, 7) is 1.05. The first-order chi connectivity index (χ1) is 11.1. The maximum Gasteiger partial charge on any atom is 0.141 e. The Balaban J connectivity index is 1.79. The quantitative estimate of drug-likeness (QED) is 0.765. The van der Waals surface area contributed by atoms with Gasteiger partial charge in [-0.15, -0.1) is 0 Å². The molecule has 0 fully saturated rings. The van der Waals surface area contributed by atoms with Crippen molar-refractivity contribution in [3.05, 3.63) is 59.4 Å². The summed E-state index contributed by atoms with van der Waals surface area (Å²) in [5.74, 6) is 0.785. The van der Waals surface area contributed by atoms with Crippen molar-refractivity contribution in [2.45, 2.75) is 6.42 Å². The van der Waals surface area contributed by atoms with Crippen LogP contribution in [0.4, 0.5) is 11.5 Å². The minimum Gasteiger partial charge on any atom is -0.340 e. The summed E-state index contributed by atoms with van der Waals surface area (Å²) in [7, 11) is 4.17. The van der Waals surface area contributed by atoms with Crippen molar-refractivity contribution in [2.24, 2.45) is 0 Å². The average molecular weight is 327 g/mol. The molecule has 0 unspecified atom stereocenters. The third-order valence-corrected chi connectivity index (χ3v) is 3.90. The van der Waals surface area contributed by atoms with Crippen LogP contribution in [0.15, 0.2) is 48.8 Å². The second-order valence-corrected chi connectivity index (χ2v) is 6.20. The predicted octanol–water partition coefficient (Wildman–Crippen LogP) is 4.13. The Morgan fingerprint density at radius 2 is 1.83 bits per heavy atom. The van der Waals surface area contributed by atoms with Crippen LogP contribution in [0.1, 0.15) is 5.56 Å². The number of fused-ring (bicyclic) bond motifs is 1. The molecule has 1 heterocycles. The van der Waals surface area contributed by atoms with Gasteiger partial charge in [0, 0.05) is 22.6 Å². The van der Waals surface area contributed by atoms with Crippen LogP contribution in [0.3, 0.4) is 0 Å². The van der Waals surface area contributed by atoms with Gasteiger partial charge < -0.3 is 10.2 Å². The molecule has 0 aliphatic rings. The molecule has 0 radical (unpaired) electrons. The van der Waals surface area contributed by atoms with Gasteiger partial charge in [0.1, 0.15) is 12.1 Å². The molecule has 1 N–H and O–H groups in total. The molecular formula is C18H19ClN4. The SMILES string of the molecule is CN(C)CCc1ccc(Nc2ncnc3cc(Cl)ccc23)cc1. The molecule has 0 atom stereocenters. The highest BCUT2D eigenvalue weighted by molar-refractivity contribution is 6.31. The third kappa shape index (κ3) is 3.97. The van der Waals surface area contributed by atoms with Crippen LogP contribution in [0.25, 0.3) is 10.9 Å². The Labute approximate surface area is 141 Å². The highest BCUT2D eigenvalue weighted by Crippen LogP contribution is 2.25. The number of anilines is 2. The van der Waals surface area contributed by atoms with Crippen molar-refractivity contribution in [1.29, 1.82) is 0 Å². The molecule has 5 heteroatoms. The zero-order chi connectivity index (χ0) is 16.2. The van der Waals surface area contributed by atoms with Gasteiger partial charge in [0.25, 0.3) is 0 Å². The largest absolute Gasteiger partial charge is 0.340 e. The zero-order valence-corrected chi connectivity index (χ0v) is 14.0. The Hall–Kier alpha value is -2.17. The first kappa shape index (κ1) is 15.7. The molecule has 0 aliphatic carbocycles. The van der Waals surface area contributed by atoms with E-state index in [1.165, 1.54) is 5.56 Å². The smallest absolute Gasteiger partial charge is 0.141 e. The van der Waals surface area contributed by atoms with Gasteiger partial charge in [-0.1, -0.05) is 23.7 Å². The molecule has 3 rings (SSSR count). The fourth-order valence-electron chi connectivity index (χ4n) is 2.37. The summed E-state index contributed by atoms with van der Waals surface area (Å²) in [6.07, 6.45) is 2.59. The maximum absolute atomic E-state index is 6.02. The Kier molecular flexibility index (Phi) is 4.74. The monoisotopic (exact) mass is 326 g/mol. The van der Waals surface area contributed by atoms with Crippen molar-refractivity contribution in [2.75, 3.05) is 26.0 Å². The van der Waals surface area contributed by atoms with Gasteiger partial charge in [0.2, 0.25) is 0 Å². The van der Waals surface area contributed by atoms with Crippen LogP contribution < -0.4 is 5.32 Å². The molecule has 118 valence electrons. The van der Waals surface area contributed by atoms with Crippen LogP contribution in [0.5, 0.6) is 0 Å². The summed E-state index contributed by atoms with van der Waals surface area (Å²) >= 11 is 6.02. The Morgan fingerprint density at radius 1 is 1.04 bits per heavy atom. The van der Waals surface area contributed by atoms with E-state index in [1.807, 2.05) is 18.2 Å². The molecular weight excluding hydrogens is 308 g/mol. The van der Waals surface area contributed by atoms with Gasteiger partial charge in [-0.2, -0.15) is 0 Å². The molecule has 1 aromatic heterocycles. The number of hydrogen-bond acceptors (Lipinski definition) is 4. The van der Waals surface area contributed by atoms with E-state index < -0.39 is 0 Å². The second-order valence-electron chi connectivity index (χ2n) is 5.76. The van der Waals surface area contributed by atoms with E-state index >= 15 is 0 Å². The first-order valence-corrected chi connectivity index (χ1v) is 7.90. The molecule has 3 aromatic rings. The van der Waals surface area contributed by atoms with Crippen LogP contribution in [0.2, 0.25) is 5.02 Å². The summed E-state index contributed by atoms with van der Waals surface area (Å²) in [5.41, 5.74) is 3.16. The number of aromatic nitrogens is 2. The van der Waals surface area contributed by atoms with E-state index in [0.717, 1.165) is 35.4 Å². The molecule has 0 saturated carbocycles.